The summed E-state index contributed by atoms with van der Waals surface area (Å²) in [6.45, 7) is 6.20. The standard InChI is InChI=1S/C21H19NO/c1-3-14-23-21-16(2)19(17-10-6-4-7-11-17)15-20(22-21)18-12-8-5-9-13-18/h3-13,15H,1,14H2,2H3. The Labute approximate surface area is 137 Å². The van der Waals surface area contributed by atoms with Crippen LogP contribution in [0.4, 0.5) is 0 Å². The van der Waals surface area contributed by atoms with Gasteiger partial charge in [0.25, 0.3) is 0 Å². The van der Waals surface area contributed by atoms with Crippen molar-refractivity contribution in [1.82, 2.24) is 4.98 Å². The maximum Gasteiger partial charge on any atom is 0.217 e. The topological polar surface area (TPSA) is 22.1 Å². The van der Waals surface area contributed by atoms with Crippen molar-refractivity contribution in [3.8, 4) is 28.3 Å². The lowest BCUT2D eigenvalue weighted by molar-refractivity contribution is 0.346. The first-order valence-electron chi connectivity index (χ1n) is 7.66. The molecule has 0 amide bonds. The van der Waals surface area contributed by atoms with E-state index in [0.717, 1.165) is 27.9 Å². The zero-order valence-electron chi connectivity index (χ0n) is 13.2. The maximum atomic E-state index is 5.78. The molecular formula is C21H19NO. The molecule has 3 aromatic rings. The number of hydrogen-bond donors (Lipinski definition) is 0. The third kappa shape index (κ3) is 3.32. The highest BCUT2D eigenvalue weighted by atomic mass is 16.5. The maximum absolute atomic E-state index is 5.78. The minimum absolute atomic E-state index is 0.445. The first kappa shape index (κ1) is 15.0. The van der Waals surface area contributed by atoms with Gasteiger partial charge in [0.2, 0.25) is 5.88 Å². The monoisotopic (exact) mass is 301 g/mol. The van der Waals surface area contributed by atoms with Gasteiger partial charge in [-0.2, -0.15) is 0 Å². The van der Waals surface area contributed by atoms with Crippen LogP contribution < -0.4 is 4.74 Å². The van der Waals surface area contributed by atoms with E-state index in [2.05, 4.69) is 36.9 Å². The minimum atomic E-state index is 0.445. The van der Waals surface area contributed by atoms with Crippen LogP contribution in [0.15, 0.2) is 79.4 Å². The first-order valence-corrected chi connectivity index (χ1v) is 7.66. The second kappa shape index (κ2) is 6.93. The molecule has 2 nitrogen and oxygen atoms in total. The van der Waals surface area contributed by atoms with Crippen LogP contribution in [0.2, 0.25) is 0 Å². The second-order valence-corrected chi connectivity index (χ2v) is 5.32. The van der Waals surface area contributed by atoms with Gasteiger partial charge in [0.1, 0.15) is 6.61 Å². The van der Waals surface area contributed by atoms with Gasteiger partial charge in [0.15, 0.2) is 0 Å². The molecule has 0 unspecified atom stereocenters. The van der Waals surface area contributed by atoms with E-state index in [0.29, 0.717) is 12.5 Å². The third-order valence-corrected chi connectivity index (χ3v) is 3.72. The normalized spacial score (nSPS) is 10.3. The van der Waals surface area contributed by atoms with Gasteiger partial charge < -0.3 is 4.74 Å². The van der Waals surface area contributed by atoms with Crippen LogP contribution in [0.1, 0.15) is 5.56 Å². The lowest BCUT2D eigenvalue weighted by Crippen LogP contribution is -2.01. The molecule has 0 bridgehead atoms. The van der Waals surface area contributed by atoms with Gasteiger partial charge in [0.05, 0.1) is 5.69 Å². The minimum Gasteiger partial charge on any atom is -0.473 e. The number of nitrogens with zero attached hydrogens (tertiary/aromatic N) is 1. The quantitative estimate of drug-likeness (QED) is 0.597. The van der Waals surface area contributed by atoms with Crippen molar-refractivity contribution in [2.45, 2.75) is 6.92 Å². The molecule has 0 aliphatic carbocycles. The predicted octanol–water partition coefficient (Wildman–Crippen LogP) is 5.29. The molecule has 0 atom stereocenters. The molecule has 0 N–H and O–H groups in total. The summed E-state index contributed by atoms with van der Waals surface area (Å²) in [5, 5.41) is 0. The van der Waals surface area contributed by atoms with E-state index in [1.54, 1.807) is 6.08 Å². The van der Waals surface area contributed by atoms with Crippen molar-refractivity contribution in [2.24, 2.45) is 0 Å². The van der Waals surface area contributed by atoms with E-state index >= 15 is 0 Å². The molecule has 0 spiro atoms. The van der Waals surface area contributed by atoms with Gasteiger partial charge in [-0.1, -0.05) is 73.3 Å². The van der Waals surface area contributed by atoms with Gasteiger partial charge in [-0.25, -0.2) is 4.98 Å². The van der Waals surface area contributed by atoms with Crippen LogP contribution in [0.3, 0.4) is 0 Å². The lowest BCUT2D eigenvalue weighted by Gasteiger charge is -2.14. The van der Waals surface area contributed by atoms with Crippen molar-refractivity contribution in [2.75, 3.05) is 6.61 Å². The Kier molecular flexibility index (Phi) is 4.53. The molecule has 1 aromatic heterocycles. The number of pyridine rings is 1. The molecule has 0 aliphatic heterocycles. The van der Waals surface area contributed by atoms with Gasteiger partial charge in [0, 0.05) is 11.1 Å². The molecule has 3 rings (SSSR count). The zero-order chi connectivity index (χ0) is 16.1. The lowest BCUT2D eigenvalue weighted by atomic mass is 9.99. The van der Waals surface area contributed by atoms with E-state index in [4.69, 9.17) is 9.72 Å². The predicted molar refractivity (Wildman–Crippen MR) is 95.5 cm³/mol. The van der Waals surface area contributed by atoms with E-state index in [1.807, 2.05) is 43.3 Å². The highest BCUT2D eigenvalue weighted by molar-refractivity contribution is 5.74. The summed E-state index contributed by atoms with van der Waals surface area (Å²) in [7, 11) is 0. The van der Waals surface area contributed by atoms with Gasteiger partial charge in [-0.05, 0) is 24.1 Å². The summed E-state index contributed by atoms with van der Waals surface area (Å²) in [5.41, 5.74) is 5.33. The Bertz CT molecular complexity index is 795. The van der Waals surface area contributed by atoms with Crippen LogP contribution in [0, 0.1) is 6.92 Å². The highest BCUT2D eigenvalue weighted by Crippen LogP contribution is 2.33. The molecule has 23 heavy (non-hydrogen) atoms. The smallest absolute Gasteiger partial charge is 0.217 e. The largest absolute Gasteiger partial charge is 0.473 e. The van der Waals surface area contributed by atoms with E-state index in [9.17, 15) is 0 Å². The Morgan fingerprint density at radius 1 is 0.957 bits per heavy atom. The first-order chi connectivity index (χ1) is 11.3. The van der Waals surface area contributed by atoms with E-state index in [-0.39, 0.29) is 0 Å². The fourth-order valence-electron chi connectivity index (χ4n) is 2.54. The second-order valence-electron chi connectivity index (χ2n) is 5.32. The average Bonchev–Trinajstić information content (AvgIpc) is 2.62. The van der Waals surface area contributed by atoms with Crippen molar-refractivity contribution in [3.63, 3.8) is 0 Å². The Morgan fingerprint density at radius 3 is 2.17 bits per heavy atom. The molecule has 0 fully saturated rings. The molecule has 0 aliphatic rings. The molecule has 114 valence electrons. The number of hydrogen-bond acceptors (Lipinski definition) is 2. The number of ether oxygens (including phenoxy) is 1. The van der Waals surface area contributed by atoms with Crippen molar-refractivity contribution in [1.29, 1.82) is 0 Å². The Balaban J connectivity index is 2.16. The fraction of sp³-hybridized carbons (Fsp3) is 0.0952. The summed E-state index contributed by atoms with van der Waals surface area (Å²) in [4.78, 5) is 4.70. The Morgan fingerprint density at radius 2 is 1.57 bits per heavy atom. The van der Waals surface area contributed by atoms with Gasteiger partial charge >= 0.3 is 0 Å². The van der Waals surface area contributed by atoms with Crippen LogP contribution >= 0.6 is 0 Å². The molecule has 2 heteroatoms. The van der Waals surface area contributed by atoms with Crippen molar-refractivity contribution >= 4 is 0 Å². The summed E-state index contributed by atoms with van der Waals surface area (Å²) in [6.07, 6.45) is 1.73. The SMILES string of the molecule is C=CCOc1nc(-c2ccccc2)cc(-c2ccccc2)c1C. The molecule has 1 heterocycles. The summed E-state index contributed by atoms with van der Waals surface area (Å²) >= 11 is 0. The number of rotatable bonds is 5. The summed E-state index contributed by atoms with van der Waals surface area (Å²) in [6, 6.07) is 22.6. The number of aromatic nitrogens is 1. The Hall–Kier alpha value is -2.87. The molecular weight excluding hydrogens is 282 g/mol. The summed E-state index contributed by atoms with van der Waals surface area (Å²) in [5.74, 6) is 0.658. The summed E-state index contributed by atoms with van der Waals surface area (Å²) < 4.78 is 5.78. The van der Waals surface area contributed by atoms with Crippen LogP contribution in [-0.2, 0) is 0 Å². The van der Waals surface area contributed by atoms with Crippen LogP contribution in [-0.4, -0.2) is 11.6 Å². The van der Waals surface area contributed by atoms with Crippen molar-refractivity contribution in [3.05, 3.63) is 84.9 Å². The molecule has 0 radical (unpaired) electrons. The molecule has 2 aromatic carbocycles. The van der Waals surface area contributed by atoms with Crippen LogP contribution in [0.5, 0.6) is 5.88 Å². The van der Waals surface area contributed by atoms with E-state index in [1.165, 1.54) is 0 Å². The fourth-order valence-corrected chi connectivity index (χ4v) is 2.54. The van der Waals surface area contributed by atoms with E-state index < -0.39 is 0 Å². The third-order valence-electron chi connectivity index (χ3n) is 3.72. The average molecular weight is 301 g/mol. The molecule has 0 saturated heterocycles. The van der Waals surface area contributed by atoms with Crippen molar-refractivity contribution < 1.29 is 4.74 Å². The van der Waals surface area contributed by atoms with Crippen LogP contribution in [0.25, 0.3) is 22.4 Å². The van der Waals surface area contributed by atoms with Gasteiger partial charge in [-0.15, -0.1) is 0 Å². The zero-order valence-corrected chi connectivity index (χ0v) is 13.2. The number of benzene rings is 2. The molecule has 0 saturated carbocycles. The highest BCUT2D eigenvalue weighted by Gasteiger charge is 2.12. The van der Waals surface area contributed by atoms with Gasteiger partial charge in [-0.3, -0.25) is 0 Å².